The number of anilines is 1. The van der Waals surface area contributed by atoms with Gasteiger partial charge in [0.05, 0.1) is 17.9 Å². The fourth-order valence-corrected chi connectivity index (χ4v) is 2.98. The van der Waals surface area contributed by atoms with Crippen LogP contribution >= 0.6 is 11.3 Å². The minimum atomic E-state index is -0.177. The molecule has 108 valence electrons. The molecule has 1 amide bonds. The van der Waals surface area contributed by atoms with Gasteiger partial charge < -0.3 is 11.1 Å². The van der Waals surface area contributed by atoms with Crippen LogP contribution in [-0.4, -0.2) is 15.7 Å². The largest absolute Gasteiger partial charge is 0.395 e. The third-order valence-corrected chi connectivity index (χ3v) is 4.43. The maximum absolute atomic E-state index is 12.2. The van der Waals surface area contributed by atoms with Gasteiger partial charge in [-0.3, -0.25) is 9.48 Å². The fourth-order valence-electron chi connectivity index (χ4n) is 2.08. The van der Waals surface area contributed by atoms with E-state index < -0.39 is 0 Å². The first-order valence-electron chi connectivity index (χ1n) is 6.73. The van der Waals surface area contributed by atoms with Crippen LogP contribution in [0.4, 0.5) is 5.69 Å². The predicted octanol–water partition coefficient (Wildman–Crippen LogP) is 2.12. The molecule has 3 N–H and O–H groups in total. The summed E-state index contributed by atoms with van der Waals surface area (Å²) in [7, 11) is 1.74. The molecule has 0 unspecified atom stereocenters. The summed E-state index contributed by atoms with van der Waals surface area (Å²) in [6.45, 7) is 4.62. The molecule has 2 aromatic rings. The zero-order valence-corrected chi connectivity index (χ0v) is 12.9. The topological polar surface area (TPSA) is 72.9 Å². The molecule has 0 saturated heterocycles. The summed E-state index contributed by atoms with van der Waals surface area (Å²) in [4.78, 5) is 14.7. The van der Waals surface area contributed by atoms with Crippen molar-refractivity contribution in [2.75, 3.05) is 5.73 Å². The minimum Gasteiger partial charge on any atom is -0.395 e. The van der Waals surface area contributed by atoms with Gasteiger partial charge >= 0.3 is 0 Å². The Hall–Kier alpha value is -1.82. The Kier molecular flexibility index (Phi) is 4.44. The van der Waals surface area contributed by atoms with Crippen LogP contribution in [0.2, 0.25) is 0 Å². The summed E-state index contributed by atoms with van der Waals surface area (Å²) >= 11 is 1.72. The van der Waals surface area contributed by atoms with Gasteiger partial charge in [-0.1, -0.05) is 13.8 Å². The van der Waals surface area contributed by atoms with Crippen molar-refractivity contribution in [3.63, 3.8) is 0 Å². The molecule has 0 saturated carbocycles. The Labute approximate surface area is 122 Å². The molecule has 0 aliphatic heterocycles. The summed E-state index contributed by atoms with van der Waals surface area (Å²) < 4.78 is 1.55. The molecule has 0 atom stereocenters. The minimum absolute atomic E-state index is 0.177. The lowest BCUT2D eigenvalue weighted by molar-refractivity contribution is 0.0943. The molecule has 0 fully saturated rings. The molecule has 2 aromatic heterocycles. The number of nitrogen functional groups attached to an aromatic ring is 1. The van der Waals surface area contributed by atoms with Gasteiger partial charge in [0.1, 0.15) is 5.69 Å². The van der Waals surface area contributed by atoms with E-state index in [4.69, 9.17) is 5.73 Å². The molecule has 0 spiro atoms. The van der Waals surface area contributed by atoms with Crippen molar-refractivity contribution >= 4 is 22.9 Å². The molecule has 0 aromatic carbocycles. The normalized spacial score (nSPS) is 10.8. The van der Waals surface area contributed by atoms with E-state index in [1.807, 2.05) is 13.0 Å². The Balaban J connectivity index is 2.07. The van der Waals surface area contributed by atoms with Crippen LogP contribution in [-0.2, 0) is 26.4 Å². The van der Waals surface area contributed by atoms with Gasteiger partial charge in [0.15, 0.2) is 0 Å². The number of nitrogens with two attached hydrogens (primary N) is 1. The smallest absolute Gasteiger partial charge is 0.271 e. The highest BCUT2D eigenvalue weighted by atomic mass is 32.1. The first-order chi connectivity index (χ1) is 9.56. The molecule has 0 aliphatic rings. The highest BCUT2D eigenvalue weighted by molar-refractivity contribution is 7.11. The summed E-state index contributed by atoms with van der Waals surface area (Å²) in [5.41, 5.74) is 7.65. The Bertz CT molecular complexity index is 615. The third-order valence-electron chi connectivity index (χ3n) is 3.20. The van der Waals surface area contributed by atoms with E-state index in [-0.39, 0.29) is 5.91 Å². The highest BCUT2D eigenvalue weighted by Gasteiger charge is 2.18. The van der Waals surface area contributed by atoms with Crippen molar-refractivity contribution in [3.05, 3.63) is 33.3 Å². The van der Waals surface area contributed by atoms with E-state index in [1.54, 1.807) is 23.1 Å². The monoisotopic (exact) mass is 292 g/mol. The Morgan fingerprint density at radius 3 is 2.60 bits per heavy atom. The number of nitrogens with one attached hydrogen (secondary N) is 1. The van der Waals surface area contributed by atoms with E-state index in [9.17, 15) is 4.79 Å². The molecule has 5 nitrogen and oxygen atoms in total. The van der Waals surface area contributed by atoms with Crippen molar-refractivity contribution in [1.82, 2.24) is 15.1 Å². The average Bonchev–Trinajstić information content (AvgIpc) is 3.00. The number of hydrogen-bond donors (Lipinski definition) is 2. The molecule has 0 aliphatic carbocycles. The summed E-state index contributed by atoms with van der Waals surface area (Å²) in [6.07, 6.45) is 1.74. The van der Waals surface area contributed by atoms with E-state index in [0.717, 1.165) is 23.4 Å². The average molecular weight is 292 g/mol. The quantitative estimate of drug-likeness (QED) is 0.886. The second-order valence-electron chi connectivity index (χ2n) is 4.59. The van der Waals surface area contributed by atoms with Gasteiger partial charge in [0.25, 0.3) is 5.91 Å². The van der Waals surface area contributed by atoms with E-state index in [2.05, 4.69) is 23.4 Å². The van der Waals surface area contributed by atoms with Crippen LogP contribution in [0.25, 0.3) is 0 Å². The van der Waals surface area contributed by atoms with Crippen LogP contribution in [0.5, 0.6) is 0 Å². The zero-order chi connectivity index (χ0) is 14.7. The molecule has 2 rings (SSSR count). The van der Waals surface area contributed by atoms with E-state index in [1.165, 1.54) is 4.88 Å². The van der Waals surface area contributed by atoms with Gasteiger partial charge in [0, 0.05) is 16.8 Å². The fraction of sp³-hybridized carbons (Fsp3) is 0.429. The number of aromatic nitrogens is 2. The van der Waals surface area contributed by atoms with Crippen LogP contribution < -0.4 is 11.1 Å². The number of thiophene rings is 1. The molecular formula is C14H20N4OS. The van der Waals surface area contributed by atoms with Crippen molar-refractivity contribution < 1.29 is 4.79 Å². The standard InChI is InChI=1S/C14H20N4OS/c1-4-9-6-7-10(20-9)8-16-14(19)13-12(15)11(5-2)17-18(13)3/h6-7H,4-5,8,15H2,1-3H3,(H,16,19). The first-order valence-corrected chi connectivity index (χ1v) is 7.55. The summed E-state index contributed by atoms with van der Waals surface area (Å²) in [5.74, 6) is -0.177. The number of carbonyl (C=O) groups is 1. The Morgan fingerprint density at radius 1 is 1.35 bits per heavy atom. The lowest BCUT2D eigenvalue weighted by atomic mass is 10.2. The molecule has 0 radical (unpaired) electrons. The maximum atomic E-state index is 12.2. The third kappa shape index (κ3) is 2.85. The van der Waals surface area contributed by atoms with Gasteiger partial charge in [-0.15, -0.1) is 11.3 Å². The molecular weight excluding hydrogens is 272 g/mol. The maximum Gasteiger partial charge on any atom is 0.271 e. The Morgan fingerprint density at radius 2 is 2.05 bits per heavy atom. The molecule has 6 heteroatoms. The number of hydrogen-bond acceptors (Lipinski definition) is 4. The van der Waals surface area contributed by atoms with Crippen molar-refractivity contribution in [2.24, 2.45) is 7.05 Å². The van der Waals surface area contributed by atoms with Crippen LogP contribution in [0.3, 0.4) is 0 Å². The van der Waals surface area contributed by atoms with Crippen molar-refractivity contribution in [3.8, 4) is 0 Å². The number of nitrogens with zero attached hydrogens (tertiary/aromatic N) is 2. The van der Waals surface area contributed by atoms with Crippen molar-refractivity contribution in [1.29, 1.82) is 0 Å². The number of carbonyl (C=O) groups excluding carboxylic acids is 1. The number of amides is 1. The summed E-state index contributed by atoms with van der Waals surface area (Å²) in [5, 5.41) is 7.16. The van der Waals surface area contributed by atoms with Crippen LogP contribution in [0.15, 0.2) is 12.1 Å². The second kappa shape index (κ2) is 6.09. The second-order valence-corrected chi connectivity index (χ2v) is 5.84. The lowest BCUT2D eigenvalue weighted by Gasteiger charge is -2.05. The van der Waals surface area contributed by atoms with Gasteiger partial charge in [-0.05, 0) is 25.0 Å². The van der Waals surface area contributed by atoms with Crippen LogP contribution in [0.1, 0.15) is 39.8 Å². The molecule has 20 heavy (non-hydrogen) atoms. The lowest BCUT2D eigenvalue weighted by Crippen LogP contribution is -2.25. The van der Waals surface area contributed by atoms with Crippen molar-refractivity contribution in [2.45, 2.75) is 33.2 Å². The van der Waals surface area contributed by atoms with Gasteiger partial charge in [-0.2, -0.15) is 5.10 Å². The SMILES string of the molecule is CCc1ccc(CNC(=O)c2c(N)c(CC)nn2C)s1. The van der Waals surface area contributed by atoms with E-state index >= 15 is 0 Å². The molecule has 0 bridgehead atoms. The van der Waals surface area contributed by atoms with Crippen LogP contribution in [0, 0.1) is 0 Å². The van der Waals surface area contributed by atoms with Gasteiger partial charge in [0.2, 0.25) is 0 Å². The first kappa shape index (κ1) is 14.6. The predicted molar refractivity (Wildman–Crippen MR) is 81.9 cm³/mol. The number of rotatable bonds is 5. The molecule has 2 heterocycles. The van der Waals surface area contributed by atoms with Gasteiger partial charge in [-0.25, -0.2) is 0 Å². The van der Waals surface area contributed by atoms with E-state index in [0.29, 0.717) is 17.9 Å². The zero-order valence-electron chi connectivity index (χ0n) is 12.1. The highest BCUT2D eigenvalue weighted by Crippen LogP contribution is 2.19. The number of aryl methyl sites for hydroxylation is 3. The summed E-state index contributed by atoms with van der Waals surface area (Å²) in [6, 6.07) is 4.15.